The van der Waals surface area contributed by atoms with Crippen molar-refractivity contribution in [3.63, 3.8) is 0 Å². The van der Waals surface area contributed by atoms with Crippen LogP contribution in [0.15, 0.2) is 23.1 Å². The molecule has 158 valence electrons. The third-order valence-electron chi connectivity index (χ3n) is 5.30. The Morgan fingerprint density at radius 3 is 2.46 bits per heavy atom. The second-order valence-corrected chi connectivity index (χ2v) is 8.96. The van der Waals surface area contributed by atoms with E-state index in [2.05, 4.69) is 0 Å². The lowest BCUT2D eigenvalue weighted by atomic mass is 9.96. The van der Waals surface area contributed by atoms with Crippen molar-refractivity contribution in [2.24, 2.45) is 11.7 Å². The normalized spacial score (nSPS) is 18.8. The Morgan fingerprint density at radius 2 is 1.86 bits per heavy atom. The van der Waals surface area contributed by atoms with Gasteiger partial charge in [0, 0.05) is 44.7 Å². The molecule has 28 heavy (non-hydrogen) atoms. The van der Waals surface area contributed by atoms with Crippen molar-refractivity contribution < 1.29 is 22.7 Å². The second kappa shape index (κ2) is 9.30. The first-order valence-electron chi connectivity index (χ1n) is 9.21. The molecule has 1 atom stereocenters. The van der Waals surface area contributed by atoms with Gasteiger partial charge in [-0.05, 0) is 31.9 Å². The molecule has 2 heterocycles. The molecule has 8 nitrogen and oxygen atoms in total. The number of carbonyl (C=O) groups is 1. The van der Waals surface area contributed by atoms with Gasteiger partial charge < -0.3 is 20.1 Å². The maximum atomic E-state index is 13.0. The number of piperidine rings is 1. The Morgan fingerprint density at radius 1 is 1.25 bits per heavy atom. The largest absolute Gasteiger partial charge is 0.486 e. The molecular formula is C18H28ClN3O5S. The minimum Gasteiger partial charge on any atom is -0.486 e. The predicted octanol–water partition coefficient (Wildman–Crippen LogP) is 1.09. The molecule has 10 heteroatoms. The summed E-state index contributed by atoms with van der Waals surface area (Å²) in [4.78, 5) is 14.4. The number of rotatable bonds is 5. The number of sulfonamides is 1. The molecule has 0 spiro atoms. The van der Waals surface area contributed by atoms with Crippen molar-refractivity contribution in [1.29, 1.82) is 0 Å². The number of nitrogens with zero attached hydrogens (tertiary/aromatic N) is 2. The van der Waals surface area contributed by atoms with Crippen molar-refractivity contribution in [2.75, 3.05) is 39.9 Å². The molecule has 1 fully saturated rings. The summed E-state index contributed by atoms with van der Waals surface area (Å²) in [7, 11) is -1.88. The zero-order valence-corrected chi connectivity index (χ0v) is 17.8. The Bertz CT molecular complexity index is 796. The maximum Gasteiger partial charge on any atom is 0.243 e. The zero-order valence-electron chi connectivity index (χ0n) is 16.2. The summed E-state index contributed by atoms with van der Waals surface area (Å²) in [5, 5.41) is 0. The van der Waals surface area contributed by atoms with Gasteiger partial charge in [-0.25, -0.2) is 8.42 Å². The first kappa shape index (κ1) is 22.7. The number of ether oxygens (including phenoxy) is 2. The molecule has 1 amide bonds. The Labute approximate surface area is 172 Å². The molecule has 1 aromatic rings. The van der Waals surface area contributed by atoms with Crippen LogP contribution in [0, 0.1) is 5.92 Å². The van der Waals surface area contributed by atoms with Crippen LogP contribution in [0.1, 0.15) is 19.8 Å². The summed E-state index contributed by atoms with van der Waals surface area (Å²) in [6.45, 7) is 3.80. The fourth-order valence-electron chi connectivity index (χ4n) is 3.34. The minimum atomic E-state index is -3.63. The van der Waals surface area contributed by atoms with E-state index in [0.29, 0.717) is 57.2 Å². The van der Waals surface area contributed by atoms with Gasteiger partial charge in [0.1, 0.15) is 13.2 Å². The fourth-order valence-corrected chi connectivity index (χ4v) is 4.83. The number of fused-ring (bicyclic) bond motifs is 1. The van der Waals surface area contributed by atoms with Gasteiger partial charge in [-0.3, -0.25) is 4.79 Å². The molecule has 1 saturated heterocycles. The standard InChI is InChI=1S/C18H27N3O5S.ClH/c1-13(12-19)20(2)18(22)14-5-7-21(8-6-14)27(23,24)15-3-4-16-17(11-15)26-10-9-25-16;/h3-4,11,13-14H,5-10,12,19H2,1-2H3;1H. The molecule has 1 unspecified atom stereocenters. The number of nitrogens with two attached hydrogens (primary N) is 1. The predicted molar refractivity (Wildman–Crippen MR) is 107 cm³/mol. The van der Waals surface area contributed by atoms with Crippen molar-refractivity contribution in [2.45, 2.75) is 30.7 Å². The Hall–Kier alpha value is -1.55. The lowest BCUT2D eigenvalue weighted by Crippen LogP contribution is -2.47. The summed E-state index contributed by atoms with van der Waals surface area (Å²) in [6, 6.07) is 4.65. The van der Waals surface area contributed by atoms with Crippen LogP contribution in [0.5, 0.6) is 11.5 Å². The van der Waals surface area contributed by atoms with Crippen LogP contribution in [0.4, 0.5) is 0 Å². The molecule has 0 saturated carbocycles. The van der Waals surface area contributed by atoms with Gasteiger partial charge in [0.05, 0.1) is 4.90 Å². The van der Waals surface area contributed by atoms with Gasteiger partial charge in [-0.2, -0.15) is 4.31 Å². The highest BCUT2D eigenvalue weighted by Gasteiger charge is 2.34. The van der Waals surface area contributed by atoms with Crippen molar-refractivity contribution in [3.8, 4) is 11.5 Å². The van der Waals surface area contributed by atoms with E-state index in [1.165, 1.54) is 16.4 Å². The molecule has 1 aromatic carbocycles. The Balaban J connectivity index is 0.00000280. The maximum absolute atomic E-state index is 13.0. The third-order valence-corrected chi connectivity index (χ3v) is 7.20. The summed E-state index contributed by atoms with van der Waals surface area (Å²) in [5.41, 5.74) is 5.63. The smallest absolute Gasteiger partial charge is 0.243 e. The first-order valence-corrected chi connectivity index (χ1v) is 10.6. The van der Waals surface area contributed by atoms with E-state index in [4.69, 9.17) is 15.2 Å². The van der Waals surface area contributed by atoms with Crippen LogP contribution in [0.25, 0.3) is 0 Å². The number of likely N-dealkylation sites (N-methyl/N-ethyl adjacent to an activating group) is 1. The molecule has 3 rings (SSSR count). The monoisotopic (exact) mass is 433 g/mol. The molecule has 0 bridgehead atoms. The number of hydrogen-bond acceptors (Lipinski definition) is 6. The van der Waals surface area contributed by atoms with Gasteiger partial charge in [0.25, 0.3) is 0 Å². The van der Waals surface area contributed by atoms with E-state index in [1.807, 2.05) is 6.92 Å². The quantitative estimate of drug-likeness (QED) is 0.745. The van der Waals surface area contributed by atoms with Gasteiger partial charge in [-0.15, -0.1) is 12.4 Å². The Kier molecular flexibility index (Phi) is 7.55. The van der Waals surface area contributed by atoms with Crippen LogP contribution in [-0.2, 0) is 14.8 Å². The van der Waals surface area contributed by atoms with E-state index in [-0.39, 0.29) is 35.2 Å². The van der Waals surface area contributed by atoms with Crippen LogP contribution < -0.4 is 15.2 Å². The lowest BCUT2D eigenvalue weighted by Gasteiger charge is -2.34. The molecule has 0 aliphatic carbocycles. The number of carbonyl (C=O) groups excluding carboxylic acids is 1. The van der Waals surface area contributed by atoms with Crippen LogP contribution in [0.3, 0.4) is 0 Å². The summed E-state index contributed by atoms with van der Waals surface area (Å²) < 4.78 is 38.3. The summed E-state index contributed by atoms with van der Waals surface area (Å²) >= 11 is 0. The first-order chi connectivity index (χ1) is 12.8. The van der Waals surface area contributed by atoms with Crippen LogP contribution >= 0.6 is 12.4 Å². The van der Waals surface area contributed by atoms with Crippen LogP contribution in [0.2, 0.25) is 0 Å². The van der Waals surface area contributed by atoms with E-state index < -0.39 is 10.0 Å². The SMILES string of the molecule is CC(CN)N(C)C(=O)C1CCN(S(=O)(=O)c2ccc3c(c2)OCCO3)CC1.Cl. The van der Waals surface area contributed by atoms with Gasteiger partial charge in [0.2, 0.25) is 15.9 Å². The molecular weight excluding hydrogens is 406 g/mol. The third kappa shape index (κ3) is 4.53. The highest BCUT2D eigenvalue weighted by molar-refractivity contribution is 7.89. The summed E-state index contributed by atoms with van der Waals surface area (Å²) in [6.07, 6.45) is 1.01. The number of amides is 1. The van der Waals surface area contributed by atoms with E-state index in [0.717, 1.165) is 0 Å². The van der Waals surface area contributed by atoms with Gasteiger partial charge in [-0.1, -0.05) is 0 Å². The van der Waals surface area contributed by atoms with Gasteiger partial charge in [0.15, 0.2) is 11.5 Å². The topological polar surface area (TPSA) is 102 Å². The average Bonchev–Trinajstić information content (AvgIpc) is 2.71. The molecule has 0 radical (unpaired) electrons. The number of hydrogen-bond donors (Lipinski definition) is 1. The van der Waals surface area contributed by atoms with Crippen molar-refractivity contribution in [3.05, 3.63) is 18.2 Å². The number of benzene rings is 1. The van der Waals surface area contributed by atoms with Gasteiger partial charge >= 0.3 is 0 Å². The van der Waals surface area contributed by atoms with Crippen molar-refractivity contribution in [1.82, 2.24) is 9.21 Å². The zero-order chi connectivity index (χ0) is 19.6. The molecule has 0 aromatic heterocycles. The number of halogens is 1. The highest BCUT2D eigenvalue weighted by atomic mass is 35.5. The highest BCUT2D eigenvalue weighted by Crippen LogP contribution is 2.34. The van der Waals surface area contributed by atoms with Crippen LogP contribution in [-0.4, -0.2) is 69.5 Å². The molecule has 2 aliphatic heterocycles. The van der Waals surface area contributed by atoms with E-state index in [9.17, 15) is 13.2 Å². The average molecular weight is 434 g/mol. The molecule has 2 aliphatic rings. The summed E-state index contributed by atoms with van der Waals surface area (Å²) in [5.74, 6) is 0.867. The lowest BCUT2D eigenvalue weighted by molar-refractivity contribution is -0.137. The van der Waals surface area contributed by atoms with Crippen molar-refractivity contribution >= 4 is 28.3 Å². The minimum absolute atomic E-state index is 0. The van der Waals surface area contributed by atoms with E-state index in [1.54, 1.807) is 18.0 Å². The molecule has 2 N–H and O–H groups in total. The second-order valence-electron chi connectivity index (χ2n) is 7.02. The van der Waals surface area contributed by atoms with E-state index >= 15 is 0 Å². The fraction of sp³-hybridized carbons (Fsp3) is 0.611.